The first-order valence-electron chi connectivity index (χ1n) is 9.43. The lowest BCUT2D eigenvalue weighted by atomic mass is 10.2. The monoisotopic (exact) mass is 482 g/mol. The van der Waals surface area contributed by atoms with Crippen molar-refractivity contribution in [1.82, 2.24) is 0 Å². The number of hydrogen-bond acceptors (Lipinski definition) is 4. The molecule has 3 aromatic carbocycles. The molecule has 0 radical (unpaired) electrons. The number of alkyl halides is 3. The zero-order chi connectivity index (χ0) is 24.2. The predicted molar refractivity (Wildman–Crippen MR) is 114 cm³/mol. The lowest BCUT2D eigenvalue weighted by molar-refractivity contribution is -0.153. The van der Waals surface area contributed by atoms with E-state index in [1.807, 2.05) is 0 Å². The minimum atomic E-state index is -4.57. The average molecular weight is 482 g/mol. The quantitative estimate of drug-likeness (QED) is 0.458. The molecule has 0 saturated carbocycles. The van der Waals surface area contributed by atoms with Crippen LogP contribution in [0.1, 0.15) is 15.9 Å². The van der Waals surface area contributed by atoms with Crippen LogP contribution in [-0.4, -0.2) is 27.1 Å². The van der Waals surface area contributed by atoms with Crippen molar-refractivity contribution in [2.45, 2.75) is 18.0 Å². The van der Waals surface area contributed by atoms with Gasteiger partial charge in [0.1, 0.15) is 11.6 Å². The van der Waals surface area contributed by atoms with Crippen LogP contribution in [0, 0.1) is 12.7 Å². The molecule has 0 unspecified atom stereocenters. The molecule has 33 heavy (non-hydrogen) atoms. The zero-order valence-electron chi connectivity index (χ0n) is 17.1. The van der Waals surface area contributed by atoms with Crippen LogP contribution in [-0.2, 0) is 10.0 Å². The second-order valence-corrected chi connectivity index (χ2v) is 8.65. The smallest absolute Gasteiger partial charge is 0.422 e. The number of sulfonamides is 1. The molecule has 3 aromatic rings. The maximum atomic E-state index is 13.8. The number of ether oxygens (including phenoxy) is 1. The third-order valence-corrected chi connectivity index (χ3v) is 5.66. The zero-order valence-corrected chi connectivity index (χ0v) is 17.9. The number of hydrogen-bond donors (Lipinski definition) is 2. The van der Waals surface area contributed by atoms with Crippen LogP contribution in [0.5, 0.6) is 5.75 Å². The normalized spacial score (nSPS) is 11.7. The van der Waals surface area contributed by atoms with Gasteiger partial charge in [0.15, 0.2) is 6.61 Å². The number of anilines is 2. The van der Waals surface area contributed by atoms with E-state index in [9.17, 15) is 30.8 Å². The highest BCUT2D eigenvalue weighted by Gasteiger charge is 2.29. The van der Waals surface area contributed by atoms with Gasteiger partial charge in [-0.25, -0.2) is 12.8 Å². The van der Waals surface area contributed by atoms with E-state index < -0.39 is 34.5 Å². The van der Waals surface area contributed by atoms with Crippen LogP contribution in [0.15, 0.2) is 71.6 Å². The van der Waals surface area contributed by atoms with E-state index in [2.05, 4.69) is 10.0 Å². The largest absolute Gasteiger partial charge is 0.482 e. The highest BCUT2D eigenvalue weighted by molar-refractivity contribution is 7.92. The molecule has 0 aliphatic heterocycles. The summed E-state index contributed by atoms with van der Waals surface area (Å²) in [6.45, 7) is 0.0950. The van der Waals surface area contributed by atoms with Crippen LogP contribution in [0.2, 0.25) is 0 Å². The molecule has 0 atom stereocenters. The first-order chi connectivity index (χ1) is 15.4. The molecule has 6 nitrogen and oxygen atoms in total. The number of carbonyl (C=O) groups excluding carboxylic acids is 1. The van der Waals surface area contributed by atoms with E-state index >= 15 is 0 Å². The third-order valence-electron chi connectivity index (χ3n) is 4.30. The van der Waals surface area contributed by atoms with Gasteiger partial charge in [0.25, 0.3) is 15.9 Å². The maximum absolute atomic E-state index is 13.8. The van der Waals surface area contributed by atoms with Gasteiger partial charge in [0.2, 0.25) is 0 Å². The predicted octanol–water partition coefficient (Wildman–Crippen LogP) is 5.13. The fraction of sp³-hybridized carbons (Fsp3) is 0.136. The number of amides is 1. The van der Waals surface area contributed by atoms with Crippen LogP contribution in [0.4, 0.5) is 28.9 Å². The Bertz CT molecular complexity index is 1280. The maximum Gasteiger partial charge on any atom is 0.422 e. The first-order valence-corrected chi connectivity index (χ1v) is 10.9. The van der Waals surface area contributed by atoms with Gasteiger partial charge in [-0.1, -0.05) is 24.3 Å². The van der Waals surface area contributed by atoms with Gasteiger partial charge >= 0.3 is 6.18 Å². The van der Waals surface area contributed by atoms with Gasteiger partial charge in [-0.05, 0) is 55.0 Å². The Morgan fingerprint density at radius 3 is 2.39 bits per heavy atom. The van der Waals surface area contributed by atoms with Gasteiger partial charge in [-0.3, -0.25) is 9.52 Å². The van der Waals surface area contributed by atoms with E-state index in [0.717, 1.165) is 12.1 Å². The number of rotatable bonds is 7. The molecule has 0 bridgehead atoms. The van der Waals surface area contributed by atoms with Gasteiger partial charge in [-0.15, -0.1) is 0 Å². The van der Waals surface area contributed by atoms with E-state index in [1.54, 1.807) is 13.0 Å². The van der Waals surface area contributed by atoms with Crippen molar-refractivity contribution in [2.75, 3.05) is 16.6 Å². The minimum absolute atomic E-state index is 0.0207. The minimum Gasteiger partial charge on any atom is -0.482 e. The summed E-state index contributed by atoms with van der Waals surface area (Å²) in [5, 5.41) is 2.42. The van der Waals surface area contributed by atoms with Crippen LogP contribution >= 0.6 is 0 Å². The van der Waals surface area contributed by atoms with E-state index in [-0.39, 0.29) is 27.6 Å². The van der Waals surface area contributed by atoms with E-state index in [1.165, 1.54) is 48.5 Å². The van der Waals surface area contributed by atoms with Crippen molar-refractivity contribution in [3.63, 3.8) is 0 Å². The van der Waals surface area contributed by atoms with Crippen molar-refractivity contribution < 1.29 is 35.5 Å². The SMILES string of the molecule is Cc1ccc(NC(=O)c2cccc(S(=O)(=O)Nc3ccccc3F)c2)c(OCC(F)(F)F)c1. The Labute approximate surface area is 187 Å². The van der Waals surface area contributed by atoms with Crippen molar-refractivity contribution in [3.05, 3.63) is 83.7 Å². The molecule has 0 aromatic heterocycles. The lowest BCUT2D eigenvalue weighted by Gasteiger charge is -2.15. The Morgan fingerprint density at radius 1 is 0.970 bits per heavy atom. The Balaban J connectivity index is 1.82. The van der Waals surface area contributed by atoms with Crippen molar-refractivity contribution in [3.8, 4) is 5.75 Å². The number of aryl methyl sites for hydroxylation is 1. The number of carbonyl (C=O) groups is 1. The van der Waals surface area contributed by atoms with Gasteiger partial charge in [-0.2, -0.15) is 13.2 Å². The number of halogens is 4. The summed E-state index contributed by atoms with van der Waals surface area (Å²) in [6.07, 6.45) is -4.57. The van der Waals surface area contributed by atoms with Crippen LogP contribution in [0.3, 0.4) is 0 Å². The first kappa shape index (κ1) is 24.1. The summed E-state index contributed by atoms with van der Waals surface area (Å²) in [5.74, 6) is -1.75. The molecule has 0 saturated heterocycles. The molecule has 0 spiro atoms. The Morgan fingerprint density at radius 2 is 1.70 bits per heavy atom. The van der Waals surface area contributed by atoms with Gasteiger partial charge in [0.05, 0.1) is 16.3 Å². The summed E-state index contributed by atoms with van der Waals surface area (Å²) >= 11 is 0. The Hall–Kier alpha value is -3.60. The number of nitrogens with one attached hydrogen (secondary N) is 2. The summed E-state index contributed by atoms with van der Waals surface area (Å²) < 4.78 is 83.6. The summed E-state index contributed by atoms with van der Waals surface area (Å²) in [6, 6.07) is 14.3. The highest BCUT2D eigenvalue weighted by atomic mass is 32.2. The highest BCUT2D eigenvalue weighted by Crippen LogP contribution is 2.29. The summed E-state index contributed by atoms with van der Waals surface area (Å²) in [5.41, 5.74) is 0.234. The fourth-order valence-corrected chi connectivity index (χ4v) is 3.87. The number of para-hydroxylation sites is 1. The molecule has 174 valence electrons. The van der Waals surface area contributed by atoms with Crippen molar-refractivity contribution in [1.29, 1.82) is 0 Å². The summed E-state index contributed by atoms with van der Waals surface area (Å²) in [7, 11) is -4.22. The third kappa shape index (κ3) is 6.45. The molecule has 0 aliphatic rings. The molecular weight excluding hydrogens is 464 g/mol. The fourth-order valence-electron chi connectivity index (χ4n) is 2.76. The standard InChI is InChI=1S/C22H18F4N2O4S/c1-14-9-10-19(20(11-14)32-13-22(24,25)26)27-21(29)15-5-4-6-16(12-15)33(30,31)28-18-8-3-2-7-17(18)23/h2-12,28H,13H2,1H3,(H,27,29). The Kier molecular flexibility index (Phi) is 6.92. The average Bonchev–Trinajstić information content (AvgIpc) is 2.75. The molecule has 0 fully saturated rings. The second-order valence-electron chi connectivity index (χ2n) is 6.97. The molecule has 0 aliphatic carbocycles. The topological polar surface area (TPSA) is 84.5 Å². The molecule has 2 N–H and O–H groups in total. The summed E-state index contributed by atoms with van der Waals surface area (Å²) in [4.78, 5) is 12.4. The molecule has 3 rings (SSSR count). The van der Waals surface area contributed by atoms with E-state index in [4.69, 9.17) is 4.74 Å². The molecule has 11 heteroatoms. The van der Waals surface area contributed by atoms with Gasteiger partial charge < -0.3 is 10.1 Å². The molecule has 1 amide bonds. The van der Waals surface area contributed by atoms with Crippen LogP contribution < -0.4 is 14.8 Å². The molecule has 0 heterocycles. The van der Waals surface area contributed by atoms with Gasteiger partial charge in [0, 0.05) is 5.56 Å². The van der Waals surface area contributed by atoms with E-state index in [0.29, 0.717) is 5.56 Å². The van der Waals surface area contributed by atoms with Crippen LogP contribution in [0.25, 0.3) is 0 Å². The number of benzene rings is 3. The lowest BCUT2D eigenvalue weighted by Crippen LogP contribution is -2.20. The van der Waals surface area contributed by atoms with Crippen molar-refractivity contribution in [2.24, 2.45) is 0 Å². The van der Waals surface area contributed by atoms with Crippen molar-refractivity contribution >= 4 is 27.3 Å². The second kappa shape index (κ2) is 9.49. The molecular formula is C22H18F4N2O4S.